The molecule has 0 saturated heterocycles. The Balaban J connectivity index is 0. The molecule has 6 heavy (non-hydrogen) atoms. The molecule has 0 radical (unpaired) electrons. The molecular weight excluding hydrogens is 87.0 g/mol. The molecule has 1 nitrogen and oxygen atoms in total. The summed E-state index contributed by atoms with van der Waals surface area (Å²) in [5.74, 6) is 0. The Morgan fingerprint density at radius 3 is 1.50 bits per heavy atom. The summed E-state index contributed by atoms with van der Waals surface area (Å²) in [6, 6.07) is 0. The maximum Gasteiger partial charge on any atom is 1.00 e. The summed E-state index contributed by atoms with van der Waals surface area (Å²) in [4.78, 5) is 0. The maximum atomic E-state index is 9.77. The van der Waals surface area contributed by atoms with Crippen molar-refractivity contribution in [3.05, 3.63) is 20.8 Å². The Hall–Kier alpha value is 0.830. The predicted molar refractivity (Wildman–Crippen MR) is 18.8 cm³/mol. The summed E-state index contributed by atoms with van der Waals surface area (Å²) >= 11 is 0. The van der Waals surface area contributed by atoms with E-state index in [0.717, 1.165) is 0 Å². The Bertz CT molecular complexity index is 23.0. The van der Waals surface area contributed by atoms with Crippen molar-refractivity contribution in [2.24, 2.45) is 0 Å². The summed E-state index contributed by atoms with van der Waals surface area (Å²) in [5.41, 5.74) is -1.50. The molecule has 0 aliphatic rings. The van der Waals surface area contributed by atoms with Crippen LogP contribution in [0.25, 0.3) is 0 Å². The molecule has 0 aromatic heterocycles. The van der Waals surface area contributed by atoms with Crippen molar-refractivity contribution >= 4 is 0 Å². The summed E-state index contributed by atoms with van der Waals surface area (Å²) in [7, 11) is 0. The van der Waals surface area contributed by atoms with Crippen molar-refractivity contribution in [3.8, 4) is 0 Å². The van der Waals surface area contributed by atoms with Gasteiger partial charge in [-0.05, 0) is 6.92 Å². The average Bonchev–Trinajstić information content (AvgIpc) is 0.722. The molecule has 0 aliphatic carbocycles. The fraction of sp³-hybridized carbons (Fsp3) is 0.250. The van der Waals surface area contributed by atoms with Gasteiger partial charge in [0.2, 0.25) is 0 Å². The molecule has 0 rings (SSSR count). The minimum Gasteiger partial charge on any atom is -0.863 e. The van der Waals surface area contributed by atoms with Crippen LogP contribution in [0.1, 0.15) is 0 Å². The molecule has 0 saturated carbocycles. The summed E-state index contributed by atoms with van der Waals surface area (Å²) < 4.78 is 0. The van der Waals surface area contributed by atoms with E-state index in [1.807, 2.05) is 0 Å². The molecule has 2 heteroatoms. The maximum absolute atomic E-state index is 9.77. The monoisotopic (exact) mass is 93.0 g/mol. The van der Waals surface area contributed by atoms with E-state index >= 15 is 0 Å². The van der Waals surface area contributed by atoms with Gasteiger partial charge in [0.05, 0.1) is 0 Å². The largest absolute Gasteiger partial charge is 1.00 e. The second-order valence-corrected chi connectivity index (χ2v) is 1.18. The summed E-state index contributed by atoms with van der Waals surface area (Å²) in [5, 5.41) is 9.77. The van der Waals surface area contributed by atoms with Gasteiger partial charge in [0.15, 0.2) is 0 Å². The van der Waals surface area contributed by atoms with Gasteiger partial charge in [-0.1, -0.05) is 0 Å². The van der Waals surface area contributed by atoms with E-state index in [2.05, 4.69) is 20.8 Å². The quantitative estimate of drug-likeness (QED) is 0.226. The van der Waals surface area contributed by atoms with E-state index in [1.54, 1.807) is 0 Å². The van der Waals surface area contributed by atoms with Crippen LogP contribution in [-0.4, -0.2) is 5.60 Å². The van der Waals surface area contributed by atoms with Gasteiger partial charge < -0.3 is 19.0 Å². The average molecular weight is 93.1 g/mol. The van der Waals surface area contributed by atoms with Crippen LogP contribution in [-0.2, 0) is 0 Å². The van der Waals surface area contributed by atoms with Crippen molar-refractivity contribution in [2.75, 3.05) is 0 Å². The molecule has 0 N–H and O–H groups in total. The predicted octanol–water partition coefficient (Wildman–Crippen LogP) is -3.41. The van der Waals surface area contributed by atoms with Gasteiger partial charge in [0.1, 0.15) is 0 Å². The molecule has 0 heterocycles. The molecule has 0 amide bonds. The first-order valence-corrected chi connectivity index (χ1v) is 1.26. The normalized spacial score (nSPS) is 9.83. The minimum atomic E-state index is -1.50. The van der Waals surface area contributed by atoms with Crippen molar-refractivity contribution in [3.63, 3.8) is 0 Å². The van der Waals surface area contributed by atoms with Crippen LogP contribution in [0.5, 0.6) is 0 Å². The Morgan fingerprint density at radius 1 is 1.50 bits per heavy atom. The molecule has 0 unspecified atom stereocenters. The van der Waals surface area contributed by atoms with E-state index in [1.165, 1.54) is 0 Å². The zero-order valence-corrected chi connectivity index (χ0v) is 6.03. The summed E-state index contributed by atoms with van der Waals surface area (Å²) in [6.07, 6.45) is 0. The zero-order valence-electron chi connectivity index (χ0n) is 4.03. The van der Waals surface area contributed by atoms with Crippen LogP contribution in [0.2, 0.25) is 0 Å². The first kappa shape index (κ1) is 9.95. The zero-order chi connectivity index (χ0) is 4.50. The molecule has 0 atom stereocenters. The molecule has 0 aromatic rings. The van der Waals surface area contributed by atoms with Crippen LogP contribution < -0.4 is 34.7 Å². The minimum absolute atomic E-state index is 0. The van der Waals surface area contributed by atoms with E-state index < -0.39 is 5.60 Å². The number of rotatable bonds is 0. The van der Waals surface area contributed by atoms with E-state index in [-0.39, 0.29) is 29.6 Å². The second-order valence-electron chi connectivity index (χ2n) is 1.18. The molecule has 30 valence electrons. The molecule has 0 aliphatic heterocycles. The van der Waals surface area contributed by atoms with Crippen molar-refractivity contribution < 1.29 is 34.7 Å². The first-order chi connectivity index (χ1) is 2.00. The fourth-order valence-corrected chi connectivity index (χ4v) is 0. The summed E-state index contributed by atoms with van der Waals surface area (Å²) in [6.45, 7) is 8.98. The first-order valence-electron chi connectivity index (χ1n) is 1.26. The van der Waals surface area contributed by atoms with Crippen LogP contribution >= 0.6 is 0 Å². The van der Waals surface area contributed by atoms with Crippen LogP contribution in [0, 0.1) is 20.8 Å². The van der Waals surface area contributed by atoms with E-state index in [9.17, 15) is 5.11 Å². The van der Waals surface area contributed by atoms with Gasteiger partial charge in [-0.3, -0.25) is 0 Å². The topological polar surface area (TPSA) is 23.1 Å². The Morgan fingerprint density at radius 2 is 1.50 bits per heavy atom. The third-order valence-corrected chi connectivity index (χ3v) is 0. The standard InChI is InChI=1S/C4H6O.Na/c1-4(2,3)5;/h1-3H2;/q-2;+1. The van der Waals surface area contributed by atoms with Crippen molar-refractivity contribution in [1.29, 1.82) is 0 Å². The van der Waals surface area contributed by atoms with Crippen LogP contribution in [0.15, 0.2) is 0 Å². The van der Waals surface area contributed by atoms with Crippen molar-refractivity contribution in [1.82, 2.24) is 0 Å². The molecular formula is C4H6NaO-. The number of hydrogen-bond acceptors (Lipinski definition) is 1. The third-order valence-electron chi connectivity index (χ3n) is 0. The van der Waals surface area contributed by atoms with Crippen LogP contribution in [0.4, 0.5) is 0 Å². The molecule has 0 aromatic carbocycles. The third kappa shape index (κ3) is 103. The second kappa shape index (κ2) is 2.92. The Labute approximate surface area is 61.0 Å². The molecule has 0 fully saturated rings. The smallest absolute Gasteiger partial charge is 0.863 e. The molecule has 0 bridgehead atoms. The van der Waals surface area contributed by atoms with Gasteiger partial charge in [-0.25, -0.2) is 5.60 Å². The Kier molecular flexibility index (Phi) is 4.84. The van der Waals surface area contributed by atoms with Gasteiger partial charge in [0, 0.05) is 0 Å². The van der Waals surface area contributed by atoms with E-state index in [0.29, 0.717) is 0 Å². The van der Waals surface area contributed by atoms with Gasteiger partial charge in [-0.2, -0.15) is 0 Å². The number of hydrogen-bond donors (Lipinski definition) is 0. The van der Waals surface area contributed by atoms with E-state index in [4.69, 9.17) is 0 Å². The fourth-order valence-electron chi connectivity index (χ4n) is 0. The van der Waals surface area contributed by atoms with Gasteiger partial charge in [-0.15, -0.1) is 0 Å². The SMILES string of the molecule is [CH2+]C([CH2-])([CH2-])[O-].[Na+]. The van der Waals surface area contributed by atoms with Crippen LogP contribution in [0.3, 0.4) is 0 Å². The van der Waals surface area contributed by atoms with Crippen molar-refractivity contribution in [2.45, 2.75) is 5.60 Å². The van der Waals surface area contributed by atoms with Gasteiger partial charge >= 0.3 is 29.6 Å². The molecule has 0 spiro atoms. The van der Waals surface area contributed by atoms with Gasteiger partial charge in [0.25, 0.3) is 0 Å².